The van der Waals surface area contributed by atoms with Gasteiger partial charge in [0.15, 0.2) is 0 Å². The van der Waals surface area contributed by atoms with Crippen molar-refractivity contribution < 1.29 is 17.9 Å². The average Bonchev–Trinajstić information content (AvgIpc) is 2.77. The van der Waals surface area contributed by atoms with Gasteiger partial charge < -0.3 is 4.74 Å². The van der Waals surface area contributed by atoms with Gasteiger partial charge in [-0.2, -0.15) is 0 Å². The average molecular weight is 416 g/mol. The van der Waals surface area contributed by atoms with Gasteiger partial charge in [0.05, 0.1) is 0 Å². The van der Waals surface area contributed by atoms with Gasteiger partial charge in [0.2, 0.25) is 0 Å². The van der Waals surface area contributed by atoms with Crippen molar-refractivity contribution in [2.75, 3.05) is 0 Å². The molecule has 4 heteroatoms. The van der Waals surface area contributed by atoms with E-state index in [1.807, 2.05) is 24.3 Å². The number of hydrogen-bond acceptors (Lipinski definition) is 1. The second-order valence-corrected chi connectivity index (χ2v) is 7.55. The Morgan fingerprint density at radius 2 is 1.19 bits per heavy atom. The zero-order chi connectivity index (χ0) is 21.4. The number of benzene rings is 4. The van der Waals surface area contributed by atoms with Crippen LogP contribution in [0.5, 0.6) is 5.75 Å². The monoisotopic (exact) mass is 416 g/mol. The second kappa shape index (κ2) is 7.62. The molecule has 0 radical (unpaired) electrons. The van der Waals surface area contributed by atoms with E-state index in [9.17, 15) is 13.2 Å². The summed E-state index contributed by atoms with van der Waals surface area (Å²) in [7, 11) is 0. The Hall–Kier alpha value is -3.53. The summed E-state index contributed by atoms with van der Waals surface area (Å²) in [5, 5.41) is 4.40. The predicted molar refractivity (Wildman–Crippen MR) is 120 cm³/mol. The molecule has 0 heterocycles. The molecule has 0 N–H and O–H groups in total. The van der Waals surface area contributed by atoms with E-state index in [4.69, 9.17) is 0 Å². The van der Waals surface area contributed by atoms with Crippen molar-refractivity contribution in [2.24, 2.45) is 0 Å². The molecule has 0 fully saturated rings. The van der Waals surface area contributed by atoms with Crippen LogP contribution in [0.3, 0.4) is 0 Å². The summed E-state index contributed by atoms with van der Waals surface area (Å²) in [6.07, 6.45) is 4.01. The summed E-state index contributed by atoms with van der Waals surface area (Å²) < 4.78 is 41.8. The normalized spacial score (nSPS) is 14.1. The lowest BCUT2D eigenvalue weighted by Gasteiger charge is -2.19. The van der Waals surface area contributed by atoms with Crippen LogP contribution in [0, 0.1) is 0 Å². The van der Waals surface area contributed by atoms with E-state index in [1.54, 1.807) is 12.1 Å². The van der Waals surface area contributed by atoms with Gasteiger partial charge in [-0.3, -0.25) is 0 Å². The topological polar surface area (TPSA) is 9.23 Å². The standard InChI is InChI=1S/C27H19F3O/c28-27(29,30)31-20-16-14-19(15-17-20)26-23-12-6-4-10-21(23)25(18-8-2-1-3-9-18)22-11-5-7-13-24(22)26/h2,4-17H,1,3H2. The Morgan fingerprint density at radius 1 is 0.645 bits per heavy atom. The van der Waals surface area contributed by atoms with Crippen LogP contribution >= 0.6 is 0 Å². The lowest BCUT2D eigenvalue weighted by molar-refractivity contribution is -0.274. The van der Waals surface area contributed by atoms with E-state index in [0.717, 1.165) is 45.5 Å². The Labute approximate surface area is 178 Å². The largest absolute Gasteiger partial charge is 0.573 e. The molecule has 4 aromatic carbocycles. The van der Waals surface area contributed by atoms with E-state index in [0.29, 0.717) is 0 Å². The molecule has 1 nitrogen and oxygen atoms in total. The maximum Gasteiger partial charge on any atom is 0.573 e. The Balaban J connectivity index is 1.78. The van der Waals surface area contributed by atoms with E-state index < -0.39 is 6.36 Å². The summed E-state index contributed by atoms with van der Waals surface area (Å²) in [5.41, 5.74) is 4.26. The molecule has 0 bridgehead atoms. The lowest BCUT2D eigenvalue weighted by Crippen LogP contribution is -2.16. The van der Waals surface area contributed by atoms with Gasteiger partial charge in [-0.25, -0.2) is 0 Å². The molecule has 0 aliphatic heterocycles. The summed E-state index contributed by atoms with van der Waals surface area (Å²) in [6.45, 7) is 0. The molecule has 154 valence electrons. The van der Waals surface area contributed by atoms with Gasteiger partial charge in [0.25, 0.3) is 0 Å². The van der Waals surface area contributed by atoms with Crippen LogP contribution in [0.2, 0.25) is 0 Å². The molecule has 0 unspecified atom stereocenters. The number of hydrogen-bond donors (Lipinski definition) is 0. The van der Waals surface area contributed by atoms with Crippen LogP contribution < -0.4 is 4.74 Å². The Kier molecular flexibility index (Phi) is 4.78. The highest BCUT2D eigenvalue weighted by Gasteiger charge is 2.31. The molecule has 31 heavy (non-hydrogen) atoms. The highest BCUT2D eigenvalue weighted by Crippen LogP contribution is 2.43. The third kappa shape index (κ3) is 3.70. The molecule has 1 aliphatic carbocycles. The van der Waals surface area contributed by atoms with E-state index >= 15 is 0 Å². The van der Waals surface area contributed by atoms with Crippen molar-refractivity contribution in [3.63, 3.8) is 0 Å². The third-order valence-corrected chi connectivity index (χ3v) is 5.59. The molecule has 5 rings (SSSR count). The van der Waals surface area contributed by atoms with E-state index in [1.165, 1.54) is 23.3 Å². The zero-order valence-corrected chi connectivity index (χ0v) is 16.6. The fraction of sp³-hybridized carbons (Fsp3) is 0.111. The van der Waals surface area contributed by atoms with Crippen LogP contribution in [-0.4, -0.2) is 6.36 Å². The minimum atomic E-state index is -4.70. The van der Waals surface area contributed by atoms with Crippen molar-refractivity contribution in [1.82, 2.24) is 0 Å². The molecular formula is C27H19F3O. The molecule has 0 amide bonds. The van der Waals surface area contributed by atoms with Crippen LogP contribution in [0.25, 0.3) is 38.2 Å². The summed E-state index contributed by atoms with van der Waals surface area (Å²) in [4.78, 5) is 0. The molecule has 0 spiro atoms. The molecule has 0 aromatic heterocycles. The van der Waals surface area contributed by atoms with Crippen molar-refractivity contribution in [1.29, 1.82) is 0 Å². The van der Waals surface area contributed by atoms with Gasteiger partial charge in [-0.05, 0) is 68.8 Å². The summed E-state index contributed by atoms with van der Waals surface area (Å²) in [6, 6.07) is 22.5. The number of halogens is 3. The first-order chi connectivity index (χ1) is 15.0. The Morgan fingerprint density at radius 3 is 1.68 bits per heavy atom. The maximum absolute atomic E-state index is 12.6. The number of ether oxygens (including phenoxy) is 1. The number of fused-ring (bicyclic) bond motifs is 2. The van der Waals surface area contributed by atoms with Gasteiger partial charge >= 0.3 is 6.36 Å². The van der Waals surface area contributed by atoms with Gasteiger partial charge in [0.1, 0.15) is 5.75 Å². The van der Waals surface area contributed by atoms with Gasteiger partial charge in [-0.1, -0.05) is 78.9 Å². The number of rotatable bonds is 3. The fourth-order valence-electron chi connectivity index (χ4n) is 4.37. The second-order valence-electron chi connectivity index (χ2n) is 7.55. The first-order valence-corrected chi connectivity index (χ1v) is 10.2. The Bertz CT molecular complexity index is 1270. The SMILES string of the molecule is FC(F)(F)Oc1ccc(-c2c3ccccc3c(C3=CCCC=C3)c3ccccc23)cc1. The molecule has 0 atom stereocenters. The molecule has 0 saturated heterocycles. The van der Waals surface area contributed by atoms with Crippen molar-refractivity contribution in [2.45, 2.75) is 19.2 Å². The molecule has 1 aliphatic rings. The smallest absolute Gasteiger partial charge is 0.406 e. The van der Waals surface area contributed by atoms with Crippen LogP contribution in [-0.2, 0) is 0 Å². The van der Waals surface area contributed by atoms with Crippen LogP contribution in [0.15, 0.2) is 91.0 Å². The quantitative estimate of drug-likeness (QED) is 0.305. The van der Waals surface area contributed by atoms with Gasteiger partial charge in [-0.15, -0.1) is 13.2 Å². The summed E-state index contributed by atoms with van der Waals surface area (Å²) in [5.74, 6) is -0.223. The zero-order valence-electron chi connectivity index (χ0n) is 16.6. The lowest BCUT2D eigenvalue weighted by atomic mass is 9.85. The molecule has 4 aromatic rings. The highest BCUT2D eigenvalue weighted by atomic mass is 19.4. The van der Waals surface area contributed by atoms with E-state index in [-0.39, 0.29) is 5.75 Å². The summed E-state index contributed by atoms with van der Waals surface area (Å²) >= 11 is 0. The number of allylic oxidation sites excluding steroid dienone is 4. The fourth-order valence-corrected chi connectivity index (χ4v) is 4.37. The highest BCUT2D eigenvalue weighted by molar-refractivity contribution is 6.19. The first kappa shape index (κ1) is 19.4. The van der Waals surface area contributed by atoms with Crippen LogP contribution in [0.1, 0.15) is 18.4 Å². The van der Waals surface area contributed by atoms with Crippen molar-refractivity contribution in [3.05, 3.63) is 96.6 Å². The van der Waals surface area contributed by atoms with Crippen molar-refractivity contribution in [3.8, 4) is 16.9 Å². The van der Waals surface area contributed by atoms with Gasteiger partial charge in [0, 0.05) is 0 Å². The number of alkyl halides is 3. The third-order valence-electron chi connectivity index (χ3n) is 5.59. The van der Waals surface area contributed by atoms with E-state index in [2.05, 4.69) is 47.2 Å². The minimum absolute atomic E-state index is 0.223. The minimum Gasteiger partial charge on any atom is -0.406 e. The molecular weight excluding hydrogens is 397 g/mol. The van der Waals surface area contributed by atoms with Crippen molar-refractivity contribution >= 4 is 27.1 Å². The molecule has 0 saturated carbocycles. The maximum atomic E-state index is 12.6. The first-order valence-electron chi connectivity index (χ1n) is 10.2. The predicted octanol–water partition coefficient (Wildman–Crippen LogP) is 8.29. The van der Waals surface area contributed by atoms with Crippen LogP contribution in [0.4, 0.5) is 13.2 Å².